The molecule has 20 heavy (non-hydrogen) atoms. The summed E-state index contributed by atoms with van der Waals surface area (Å²) in [5.41, 5.74) is 1.26. The zero-order valence-electron chi connectivity index (χ0n) is 12.9. The minimum Gasteiger partial charge on any atom is -0.492 e. The van der Waals surface area contributed by atoms with Gasteiger partial charge in [-0.3, -0.25) is 0 Å². The van der Waals surface area contributed by atoms with Crippen molar-refractivity contribution in [2.45, 2.75) is 25.8 Å². The number of nitrogens with one attached hydrogen (secondary N) is 1. The molecule has 0 aliphatic heterocycles. The molecule has 0 saturated carbocycles. The maximum absolute atomic E-state index is 5.80. The van der Waals surface area contributed by atoms with Crippen molar-refractivity contribution in [1.29, 1.82) is 0 Å². The van der Waals surface area contributed by atoms with E-state index in [-0.39, 0.29) is 6.04 Å². The van der Waals surface area contributed by atoms with Crippen LogP contribution >= 0.6 is 0 Å². The fourth-order valence-corrected chi connectivity index (χ4v) is 1.88. The van der Waals surface area contributed by atoms with Gasteiger partial charge in [0.15, 0.2) is 0 Å². The molecule has 1 aromatic carbocycles. The maximum atomic E-state index is 5.80. The Morgan fingerprint density at radius 1 is 1.05 bits per heavy atom. The van der Waals surface area contributed by atoms with E-state index in [0.29, 0.717) is 13.2 Å². The second-order valence-electron chi connectivity index (χ2n) is 4.80. The van der Waals surface area contributed by atoms with E-state index in [1.807, 2.05) is 12.1 Å². The van der Waals surface area contributed by atoms with Crippen molar-refractivity contribution in [3.63, 3.8) is 0 Å². The highest BCUT2D eigenvalue weighted by molar-refractivity contribution is 5.27. The van der Waals surface area contributed by atoms with Gasteiger partial charge in [0.1, 0.15) is 12.4 Å². The molecule has 0 aliphatic rings. The van der Waals surface area contributed by atoms with E-state index in [2.05, 4.69) is 24.4 Å². The number of hydrogen-bond acceptors (Lipinski definition) is 4. The Bertz CT molecular complexity index is 340. The quantitative estimate of drug-likeness (QED) is 0.675. The van der Waals surface area contributed by atoms with Crippen LogP contribution in [-0.2, 0) is 15.9 Å². The first-order valence-corrected chi connectivity index (χ1v) is 7.23. The molecule has 0 spiro atoms. The number of hydrogen-bond donors (Lipinski definition) is 1. The van der Waals surface area contributed by atoms with Crippen LogP contribution in [0.2, 0.25) is 0 Å². The van der Waals surface area contributed by atoms with E-state index in [9.17, 15) is 0 Å². The molecular weight excluding hydrogens is 254 g/mol. The zero-order chi connectivity index (χ0) is 14.6. The monoisotopic (exact) mass is 281 g/mol. The van der Waals surface area contributed by atoms with Crippen LogP contribution in [-0.4, -0.2) is 46.6 Å². The summed E-state index contributed by atoms with van der Waals surface area (Å²) >= 11 is 0. The molecule has 0 bridgehead atoms. The van der Waals surface area contributed by atoms with Crippen LogP contribution in [0.15, 0.2) is 24.3 Å². The molecule has 0 amide bonds. The van der Waals surface area contributed by atoms with Crippen LogP contribution in [0.1, 0.15) is 18.9 Å². The van der Waals surface area contributed by atoms with Gasteiger partial charge < -0.3 is 19.5 Å². The molecular formula is C16H27NO3. The van der Waals surface area contributed by atoms with Crippen molar-refractivity contribution in [2.24, 2.45) is 0 Å². The predicted molar refractivity (Wildman–Crippen MR) is 81.5 cm³/mol. The summed E-state index contributed by atoms with van der Waals surface area (Å²) in [4.78, 5) is 0. The van der Waals surface area contributed by atoms with Crippen molar-refractivity contribution in [1.82, 2.24) is 5.32 Å². The summed E-state index contributed by atoms with van der Waals surface area (Å²) in [7, 11) is 3.43. The van der Waals surface area contributed by atoms with E-state index < -0.39 is 0 Å². The number of ether oxygens (including phenoxy) is 3. The van der Waals surface area contributed by atoms with E-state index >= 15 is 0 Å². The van der Waals surface area contributed by atoms with Gasteiger partial charge in [0, 0.05) is 14.2 Å². The van der Waals surface area contributed by atoms with Crippen LogP contribution < -0.4 is 10.1 Å². The van der Waals surface area contributed by atoms with Gasteiger partial charge in [0.2, 0.25) is 0 Å². The maximum Gasteiger partial charge on any atom is 0.119 e. The lowest BCUT2D eigenvalue weighted by molar-refractivity contribution is 0.136. The molecule has 0 heterocycles. The average molecular weight is 281 g/mol. The molecule has 4 nitrogen and oxygen atoms in total. The second kappa shape index (κ2) is 10.7. The molecule has 114 valence electrons. The second-order valence-corrected chi connectivity index (χ2v) is 4.80. The summed E-state index contributed by atoms with van der Waals surface area (Å²) in [5.74, 6) is 0.894. The van der Waals surface area contributed by atoms with Crippen LogP contribution in [0, 0.1) is 0 Å². The van der Waals surface area contributed by atoms with Crippen LogP contribution in [0.25, 0.3) is 0 Å². The topological polar surface area (TPSA) is 39.7 Å². The first-order chi connectivity index (χ1) is 9.80. The van der Waals surface area contributed by atoms with Crippen LogP contribution in [0.4, 0.5) is 0 Å². The number of benzene rings is 1. The van der Waals surface area contributed by atoms with Crippen molar-refractivity contribution < 1.29 is 14.2 Å². The largest absolute Gasteiger partial charge is 0.492 e. The Labute approximate surface area is 122 Å². The Kier molecular flexibility index (Phi) is 9.04. The molecule has 0 saturated heterocycles. The predicted octanol–water partition coefficient (Wildman–Crippen LogP) is 2.27. The lowest BCUT2D eigenvalue weighted by Gasteiger charge is -2.18. The molecule has 1 atom stereocenters. The van der Waals surface area contributed by atoms with Gasteiger partial charge in [-0.1, -0.05) is 19.1 Å². The molecule has 0 radical (unpaired) electrons. The van der Waals surface area contributed by atoms with Crippen molar-refractivity contribution in [3.8, 4) is 5.75 Å². The van der Waals surface area contributed by atoms with E-state index in [4.69, 9.17) is 14.2 Å². The summed E-state index contributed by atoms with van der Waals surface area (Å²) < 4.78 is 16.1. The molecule has 1 N–H and O–H groups in total. The van der Waals surface area contributed by atoms with E-state index in [1.54, 1.807) is 14.2 Å². The van der Waals surface area contributed by atoms with Gasteiger partial charge in [-0.15, -0.1) is 0 Å². The Morgan fingerprint density at radius 3 is 2.40 bits per heavy atom. The third-order valence-corrected chi connectivity index (χ3v) is 3.02. The SMILES string of the molecule is CCCNC(COC)COc1ccc(CCOC)cc1. The molecule has 1 rings (SSSR count). The lowest BCUT2D eigenvalue weighted by Crippen LogP contribution is -2.38. The summed E-state index contributed by atoms with van der Waals surface area (Å²) in [6.45, 7) is 5.15. The van der Waals surface area contributed by atoms with E-state index in [1.165, 1.54) is 5.56 Å². The minimum atomic E-state index is 0.230. The normalized spacial score (nSPS) is 12.3. The van der Waals surface area contributed by atoms with E-state index in [0.717, 1.165) is 31.7 Å². The third-order valence-electron chi connectivity index (χ3n) is 3.02. The molecule has 0 aromatic heterocycles. The average Bonchev–Trinajstić information content (AvgIpc) is 2.49. The highest BCUT2D eigenvalue weighted by Crippen LogP contribution is 2.13. The highest BCUT2D eigenvalue weighted by atomic mass is 16.5. The van der Waals surface area contributed by atoms with Gasteiger partial charge in [0.05, 0.1) is 19.3 Å². The van der Waals surface area contributed by atoms with Crippen LogP contribution in [0.3, 0.4) is 0 Å². The molecule has 1 unspecified atom stereocenters. The van der Waals surface area contributed by atoms with Gasteiger partial charge in [-0.2, -0.15) is 0 Å². The Hall–Kier alpha value is -1.10. The molecule has 0 aliphatic carbocycles. The molecule has 4 heteroatoms. The Morgan fingerprint density at radius 2 is 1.80 bits per heavy atom. The number of methoxy groups -OCH3 is 2. The smallest absolute Gasteiger partial charge is 0.119 e. The fourth-order valence-electron chi connectivity index (χ4n) is 1.88. The first-order valence-electron chi connectivity index (χ1n) is 7.23. The van der Waals surface area contributed by atoms with Crippen molar-refractivity contribution >= 4 is 0 Å². The highest BCUT2D eigenvalue weighted by Gasteiger charge is 2.08. The summed E-state index contributed by atoms with van der Waals surface area (Å²) in [6.07, 6.45) is 2.04. The van der Waals surface area contributed by atoms with Gasteiger partial charge >= 0.3 is 0 Å². The van der Waals surface area contributed by atoms with Gasteiger partial charge in [-0.05, 0) is 37.1 Å². The van der Waals surface area contributed by atoms with Crippen molar-refractivity contribution in [2.75, 3.05) is 40.6 Å². The summed E-state index contributed by atoms with van der Waals surface area (Å²) in [5, 5.41) is 3.41. The van der Waals surface area contributed by atoms with Crippen molar-refractivity contribution in [3.05, 3.63) is 29.8 Å². The lowest BCUT2D eigenvalue weighted by atomic mass is 10.1. The van der Waals surface area contributed by atoms with Crippen LogP contribution in [0.5, 0.6) is 5.75 Å². The van der Waals surface area contributed by atoms with Gasteiger partial charge in [-0.25, -0.2) is 0 Å². The standard InChI is InChI=1S/C16H27NO3/c1-4-10-17-15(12-19-3)13-20-16-7-5-14(6-8-16)9-11-18-2/h5-8,15,17H,4,9-13H2,1-3H3. The van der Waals surface area contributed by atoms with Gasteiger partial charge in [0.25, 0.3) is 0 Å². The first kappa shape index (κ1) is 17.0. The molecule has 1 aromatic rings. The summed E-state index contributed by atoms with van der Waals surface area (Å²) in [6, 6.07) is 8.41. The molecule has 0 fully saturated rings. The minimum absolute atomic E-state index is 0.230. The fraction of sp³-hybridized carbons (Fsp3) is 0.625. The number of rotatable bonds is 11. The Balaban J connectivity index is 2.38. The third kappa shape index (κ3) is 6.89. The zero-order valence-corrected chi connectivity index (χ0v) is 12.9.